The topological polar surface area (TPSA) is 58.1 Å². The smallest absolute Gasteiger partial charge is 0.231 e. The molecule has 6 heteroatoms. The van der Waals surface area contributed by atoms with Crippen molar-refractivity contribution >= 4 is 22.4 Å². The van der Waals surface area contributed by atoms with Crippen LogP contribution in [-0.4, -0.2) is 41.1 Å². The third kappa shape index (κ3) is 3.18. The zero-order chi connectivity index (χ0) is 15.5. The molecule has 1 aromatic heterocycles. The van der Waals surface area contributed by atoms with E-state index in [2.05, 4.69) is 39.6 Å². The van der Waals surface area contributed by atoms with Gasteiger partial charge in [0.25, 0.3) is 0 Å². The lowest BCUT2D eigenvalue weighted by Gasteiger charge is -2.17. The number of likely N-dealkylation sites (tertiary alicyclic amines) is 1. The summed E-state index contributed by atoms with van der Waals surface area (Å²) in [5.41, 5.74) is 1.22. The molecule has 1 N–H and O–H groups in total. The van der Waals surface area contributed by atoms with Gasteiger partial charge in [0.15, 0.2) is 0 Å². The molecule has 0 spiro atoms. The maximum Gasteiger partial charge on any atom is 0.231 e. The molecule has 2 heterocycles. The van der Waals surface area contributed by atoms with E-state index in [9.17, 15) is 4.79 Å². The predicted molar refractivity (Wildman–Crippen MR) is 88.1 cm³/mol. The van der Waals surface area contributed by atoms with Crippen LogP contribution in [0, 0.1) is 5.92 Å². The zero-order valence-electron chi connectivity index (χ0n) is 12.8. The minimum Gasteiger partial charge on any atom is -0.305 e. The quantitative estimate of drug-likeness (QED) is 0.941. The molecule has 0 radical (unpaired) electrons. The Kier molecular flexibility index (Phi) is 4.49. The summed E-state index contributed by atoms with van der Waals surface area (Å²) in [6, 6.07) is 10.3. The minimum atomic E-state index is -0.0543. The van der Waals surface area contributed by atoms with Gasteiger partial charge in [-0.3, -0.25) is 4.79 Å². The third-order valence-corrected chi connectivity index (χ3v) is 5.05. The third-order valence-electron chi connectivity index (χ3n) is 4.07. The highest BCUT2D eigenvalue weighted by Crippen LogP contribution is 2.33. The Morgan fingerprint density at radius 1 is 1.32 bits per heavy atom. The van der Waals surface area contributed by atoms with Gasteiger partial charge in [0, 0.05) is 19.0 Å². The summed E-state index contributed by atoms with van der Waals surface area (Å²) in [7, 11) is 2.06. The van der Waals surface area contributed by atoms with Gasteiger partial charge in [-0.15, -0.1) is 10.2 Å². The molecule has 1 aliphatic heterocycles. The van der Waals surface area contributed by atoms with Crippen molar-refractivity contribution in [2.75, 3.05) is 25.5 Å². The summed E-state index contributed by atoms with van der Waals surface area (Å²) < 4.78 is 0. The van der Waals surface area contributed by atoms with E-state index in [1.165, 1.54) is 16.9 Å². The van der Waals surface area contributed by atoms with Crippen LogP contribution in [0.2, 0.25) is 0 Å². The van der Waals surface area contributed by atoms with Gasteiger partial charge in [-0.2, -0.15) is 0 Å². The van der Waals surface area contributed by atoms with E-state index in [1.54, 1.807) is 0 Å². The van der Waals surface area contributed by atoms with Crippen LogP contribution in [0.25, 0.3) is 0 Å². The van der Waals surface area contributed by atoms with Crippen molar-refractivity contribution in [2.45, 2.75) is 19.3 Å². The second kappa shape index (κ2) is 6.54. The van der Waals surface area contributed by atoms with Crippen LogP contribution in [0.1, 0.15) is 23.4 Å². The summed E-state index contributed by atoms with van der Waals surface area (Å²) in [5.74, 6) is 0.211. The van der Waals surface area contributed by atoms with Gasteiger partial charge < -0.3 is 10.2 Å². The van der Waals surface area contributed by atoms with E-state index in [0.29, 0.717) is 5.13 Å². The Morgan fingerprint density at radius 2 is 2.09 bits per heavy atom. The van der Waals surface area contributed by atoms with Crippen molar-refractivity contribution in [1.29, 1.82) is 0 Å². The first-order valence-electron chi connectivity index (χ1n) is 7.54. The molecule has 1 aromatic carbocycles. The fourth-order valence-corrected chi connectivity index (χ4v) is 3.63. The molecule has 2 atom stereocenters. The van der Waals surface area contributed by atoms with Crippen molar-refractivity contribution in [1.82, 2.24) is 15.1 Å². The van der Waals surface area contributed by atoms with Crippen molar-refractivity contribution < 1.29 is 4.79 Å². The Hall–Kier alpha value is -1.79. The maximum atomic E-state index is 12.6. The lowest BCUT2D eigenvalue weighted by molar-refractivity contribution is -0.119. The van der Waals surface area contributed by atoms with E-state index in [0.717, 1.165) is 24.5 Å². The van der Waals surface area contributed by atoms with Crippen LogP contribution < -0.4 is 5.32 Å². The SMILES string of the molecule is CCc1nnc(NC(=O)[C@H]2CN(C)C[C@@H]2c2ccccc2)s1. The Balaban J connectivity index is 1.75. The second-order valence-corrected chi connectivity index (χ2v) is 6.75. The number of likely N-dealkylation sites (N-methyl/N-ethyl adjacent to an activating group) is 1. The van der Waals surface area contributed by atoms with E-state index in [4.69, 9.17) is 0 Å². The number of rotatable bonds is 4. The lowest BCUT2D eigenvalue weighted by Crippen LogP contribution is -2.28. The predicted octanol–water partition coefficient (Wildman–Crippen LogP) is 2.38. The second-order valence-electron chi connectivity index (χ2n) is 5.69. The van der Waals surface area contributed by atoms with Gasteiger partial charge >= 0.3 is 0 Å². The largest absolute Gasteiger partial charge is 0.305 e. The summed E-state index contributed by atoms with van der Waals surface area (Å²) >= 11 is 1.45. The van der Waals surface area contributed by atoms with Crippen LogP contribution in [0.5, 0.6) is 0 Å². The first-order valence-corrected chi connectivity index (χ1v) is 8.35. The number of aromatic nitrogens is 2. The molecule has 1 saturated heterocycles. The number of hydrogen-bond donors (Lipinski definition) is 1. The molecule has 0 bridgehead atoms. The molecule has 1 aliphatic rings. The average molecular weight is 316 g/mol. The molecule has 0 aliphatic carbocycles. The molecule has 1 amide bonds. The number of anilines is 1. The fraction of sp³-hybridized carbons (Fsp3) is 0.438. The molecule has 0 saturated carbocycles. The summed E-state index contributed by atoms with van der Waals surface area (Å²) in [5, 5.41) is 12.6. The first-order chi connectivity index (χ1) is 10.7. The van der Waals surface area contributed by atoms with Crippen LogP contribution in [0.4, 0.5) is 5.13 Å². The maximum absolute atomic E-state index is 12.6. The number of amides is 1. The van der Waals surface area contributed by atoms with Crippen molar-refractivity contribution in [2.24, 2.45) is 5.92 Å². The molecule has 5 nitrogen and oxygen atoms in total. The lowest BCUT2D eigenvalue weighted by atomic mass is 9.88. The first kappa shape index (κ1) is 15.1. The van der Waals surface area contributed by atoms with Gasteiger partial charge in [-0.05, 0) is 19.0 Å². The van der Waals surface area contributed by atoms with Crippen LogP contribution in [0.3, 0.4) is 0 Å². The van der Waals surface area contributed by atoms with Gasteiger partial charge in [0.1, 0.15) is 5.01 Å². The highest BCUT2D eigenvalue weighted by Gasteiger charge is 2.37. The number of nitrogens with one attached hydrogen (secondary N) is 1. The summed E-state index contributed by atoms with van der Waals surface area (Å²) in [4.78, 5) is 14.9. The zero-order valence-corrected chi connectivity index (χ0v) is 13.6. The Morgan fingerprint density at radius 3 is 2.77 bits per heavy atom. The monoisotopic (exact) mass is 316 g/mol. The van der Waals surface area contributed by atoms with Crippen LogP contribution in [-0.2, 0) is 11.2 Å². The standard InChI is InChI=1S/C16H20N4OS/c1-3-14-18-19-16(22-14)17-15(21)13-10-20(2)9-12(13)11-7-5-4-6-8-11/h4-8,12-13H,3,9-10H2,1-2H3,(H,17,19,21)/t12-,13+/m1/s1. The van der Waals surface area contributed by atoms with E-state index in [-0.39, 0.29) is 17.7 Å². The van der Waals surface area contributed by atoms with E-state index < -0.39 is 0 Å². The van der Waals surface area contributed by atoms with Crippen molar-refractivity contribution in [3.8, 4) is 0 Å². The van der Waals surface area contributed by atoms with E-state index >= 15 is 0 Å². The number of aryl methyl sites for hydroxylation is 1. The molecule has 116 valence electrons. The fourth-order valence-electron chi connectivity index (χ4n) is 2.95. The Labute approximate surface area is 134 Å². The summed E-state index contributed by atoms with van der Waals surface area (Å²) in [6.07, 6.45) is 0.840. The normalized spacial score (nSPS) is 21.9. The average Bonchev–Trinajstić information content (AvgIpc) is 3.14. The Bertz CT molecular complexity index is 643. The van der Waals surface area contributed by atoms with Crippen molar-refractivity contribution in [3.05, 3.63) is 40.9 Å². The molecular formula is C16H20N4OS. The van der Waals surface area contributed by atoms with Gasteiger partial charge in [0.05, 0.1) is 5.92 Å². The highest BCUT2D eigenvalue weighted by atomic mass is 32.1. The molecule has 22 heavy (non-hydrogen) atoms. The number of nitrogens with zero attached hydrogens (tertiary/aromatic N) is 3. The summed E-state index contributed by atoms with van der Waals surface area (Å²) in [6.45, 7) is 3.70. The van der Waals surface area contributed by atoms with Crippen molar-refractivity contribution in [3.63, 3.8) is 0 Å². The minimum absolute atomic E-state index is 0.0389. The number of hydrogen-bond acceptors (Lipinski definition) is 5. The number of carbonyl (C=O) groups is 1. The van der Waals surface area contributed by atoms with Gasteiger partial charge in [-0.1, -0.05) is 48.6 Å². The molecule has 2 aromatic rings. The number of carbonyl (C=O) groups excluding carboxylic acids is 1. The van der Waals surface area contributed by atoms with E-state index in [1.807, 2.05) is 25.1 Å². The highest BCUT2D eigenvalue weighted by molar-refractivity contribution is 7.15. The van der Waals surface area contributed by atoms with Gasteiger partial charge in [0.2, 0.25) is 11.0 Å². The molecular weight excluding hydrogens is 296 g/mol. The van der Waals surface area contributed by atoms with Gasteiger partial charge in [-0.25, -0.2) is 0 Å². The van der Waals surface area contributed by atoms with Crippen LogP contribution >= 0.6 is 11.3 Å². The molecule has 1 fully saturated rings. The van der Waals surface area contributed by atoms with Crippen LogP contribution in [0.15, 0.2) is 30.3 Å². The molecule has 3 rings (SSSR count). The molecule has 0 unspecified atom stereocenters. The number of benzene rings is 1.